The minimum absolute atomic E-state index is 0.00812. The molecule has 0 bridgehead atoms. The molecule has 0 unspecified atom stereocenters. The summed E-state index contributed by atoms with van der Waals surface area (Å²) in [5.41, 5.74) is 0. The molecule has 0 radical (unpaired) electrons. The molecule has 0 amide bonds. The van der Waals surface area contributed by atoms with E-state index in [1.165, 1.54) is 12.1 Å². The van der Waals surface area contributed by atoms with E-state index < -0.39 is 18.9 Å². The molecule has 1 aromatic carbocycles. The molecule has 0 aliphatic heterocycles. The van der Waals surface area contributed by atoms with Crippen LogP contribution < -0.4 is 4.74 Å². The normalized spacial score (nSPS) is 12.3. The molecule has 5 nitrogen and oxygen atoms in total. The number of hydrogen-bond acceptors (Lipinski definition) is 5. The van der Waals surface area contributed by atoms with Crippen molar-refractivity contribution in [2.75, 3.05) is 18.6 Å². The molecule has 0 heterocycles. The van der Waals surface area contributed by atoms with E-state index in [1.807, 2.05) is 0 Å². The quantitative estimate of drug-likeness (QED) is 0.503. The minimum atomic E-state index is -3.39. The first-order valence-electron chi connectivity index (χ1n) is 6.54. The Morgan fingerprint density at radius 2 is 1.71 bits per heavy atom. The zero-order valence-electron chi connectivity index (χ0n) is 11.8. The standard InChI is InChI=1S/C13H19ClO5S2/c1-20(15,16)13-8-6-7-12(11-13)19-9-4-2-3-5-10-21(14,17)18/h6-8,11H,2-5,9-10H2,1H3. The van der Waals surface area contributed by atoms with Crippen molar-refractivity contribution >= 4 is 29.6 Å². The molecular formula is C13H19ClO5S2. The lowest BCUT2D eigenvalue weighted by Gasteiger charge is -2.07. The fourth-order valence-electron chi connectivity index (χ4n) is 1.71. The second-order valence-electron chi connectivity index (χ2n) is 4.75. The van der Waals surface area contributed by atoms with Crippen LogP contribution in [0.3, 0.4) is 0 Å². The van der Waals surface area contributed by atoms with Crippen LogP contribution in [0.1, 0.15) is 25.7 Å². The summed E-state index contributed by atoms with van der Waals surface area (Å²) in [7, 11) is -1.52. The van der Waals surface area contributed by atoms with Crippen molar-refractivity contribution in [1.29, 1.82) is 0 Å². The van der Waals surface area contributed by atoms with E-state index in [1.54, 1.807) is 12.1 Å². The topological polar surface area (TPSA) is 77.5 Å². The summed E-state index contributed by atoms with van der Waals surface area (Å²) in [4.78, 5) is 0.229. The highest BCUT2D eigenvalue weighted by Gasteiger charge is 2.07. The highest BCUT2D eigenvalue weighted by molar-refractivity contribution is 8.13. The average molecular weight is 355 g/mol. The van der Waals surface area contributed by atoms with Gasteiger partial charge in [0.2, 0.25) is 9.05 Å². The third-order valence-electron chi connectivity index (χ3n) is 2.78. The number of sulfone groups is 1. The summed E-state index contributed by atoms with van der Waals surface area (Å²) in [5.74, 6) is 0.507. The summed E-state index contributed by atoms with van der Waals surface area (Å²) in [6, 6.07) is 6.36. The molecule has 0 saturated heterocycles. The number of rotatable bonds is 9. The van der Waals surface area contributed by atoms with E-state index in [0.29, 0.717) is 18.8 Å². The first-order chi connectivity index (χ1) is 9.68. The van der Waals surface area contributed by atoms with Gasteiger partial charge in [-0.05, 0) is 31.0 Å². The van der Waals surface area contributed by atoms with Gasteiger partial charge in [-0.15, -0.1) is 0 Å². The fraction of sp³-hybridized carbons (Fsp3) is 0.538. The van der Waals surface area contributed by atoms with Crippen molar-refractivity contribution in [2.45, 2.75) is 30.6 Å². The van der Waals surface area contributed by atoms with E-state index in [4.69, 9.17) is 15.4 Å². The van der Waals surface area contributed by atoms with Crippen molar-refractivity contribution in [3.8, 4) is 5.75 Å². The number of hydrogen-bond donors (Lipinski definition) is 0. The molecule has 0 aliphatic carbocycles. The summed E-state index contributed by atoms with van der Waals surface area (Å²) in [5, 5.41) is 0. The Morgan fingerprint density at radius 1 is 1.05 bits per heavy atom. The van der Waals surface area contributed by atoms with Gasteiger partial charge in [0.1, 0.15) is 5.75 Å². The zero-order valence-corrected chi connectivity index (χ0v) is 14.2. The molecule has 0 saturated carbocycles. The molecule has 21 heavy (non-hydrogen) atoms. The monoisotopic (exact) mass is 354 g/mol. The van der Waals surface area contributed by atoms with E-state index in [-0.39, 0.29) is 10.6 Å². The first kappa shape index (κ1) is 18.3. The second kappa shape index (κ2) is 8.00. The number of unbranched alkanes of at least 4 members (excludes halogenated alkanes) is 3. The second-order valence-corrected chi connectivity index (χ2v) is 9.66. The highest BCUT2D eigenvalue weighted by atomic mass is 35.7. The Labute approximate surface area is 130 Å². The van der Waals surface area contributed by atoms with Crippen molar-refractivity contribution in [1.82, 2.24) is 0 Å². The Bertz CT molecular complexity index is 653. The summed E-state index contributed by atoms with van der Waals surface area (Å²) in [6.07, 6.45) is 4.05. The molecule has 0 atom stereocenters. The van der Waals surface area contributed by atoms with Crippen LogP contribution in [-0.2, 0) is 18.9 Å². The Hall–Kier alpha value is -0.790. The average Bonchev–Trinajstić information content (AvgIpc) is 2.35. The van der Waals surface area contributed by atoms with Gasteiger partial charge in [0, 0.05) is 16.9 Å². The molecule has 1 aromatic rings. The van der Waals surface area contributed by atoms with Gasteiger partial charge >= 0.3 is 0 Å². The Balaban J connectivity index is 2.28. The van der Waals surface area contributed by atoms with E-state index in [0.717, 1.165) is 25.5 Å². The smallest absolute Gasteiger partial charge is 0.232 e. The number of benzene rings is 1. The first-order valence-corrected chi connectivity index (χ1v) is 10.9. The van der Waals surface area contributed by atoms with E-state index >= 15 is 0 Å². The van der Waals surface area contributed by atoms with Crippen molar-refractivity contribution in [3.63, 3.8) is 0 Å². The van der Waals surface area contributed by atoms with Crippen molar-refractivity contribution in [3.05, 3.63) is 24.3 Å². The van der Waals surface area contributed by atoms with Crippen LogP contribution in [0.2, 0.25) is 0 Å². The number of halogens is 1. The van der Waals surface area contributed by atoms with Crippen LogP contribution in [0.4, 0.5) is 0 Å². The highest BCUT2D eigenvalue weighted by Crippen LogP contribution is 2.17. The van der Waals surface area contributed by atoms with Crippen LogP contribution in [0.5, 0.6) is 5.75 Å². The van der Waals surface area contributed by atoms with Crippen LogP contribution in [0.15, 0.2) is 29.2 Å². The maximum atomic E-state index is 11.4. The predicted octanol–water partition coefficient (Wildman–Crippen LogP) is 2.60. The number of ether oxygens (including phenoxy) is 1. The van der Waals surface area contributed by atoms with Gasteiger partial charge in [-0.3, -0.25) is 0 Å². The third-order valence-corrected chi connectivity index (χ3v) is 5.13. The van der Waals surface area contributed by atoms with Gasteiger partial charge in [-0.2, -0.15) is 0 Å². The van der Waals surface area contributed by atoms with Crippen LogP contribution in [0.25, 0.3) is 0 Å². The van der Waals surface area contributed by atoms with Gasteiger partial charge in [-0.1, -0.05) is 18.9 Å². The lowest BCUT2D eigenvalue weighted by atomic mass is 10.2. The van der Waals surface area contributed by atoms with Gasteiger partial charge in [0.15, 0.2) is 9.84 Å². The fourth-order valence-corrected chi connectivity index (χ4v) is 3.25. The van der Waals surface area contributed by atoms with E-state index in [9.17, 15) is 16.8 Å². The minimum Gasteiger partial charge on any atom is -0.494 e. The zero-order chi connectivity index (χ0) is 15.9. The predicted molar refractivity (Wildman–Crippen MR) is 83.2 cm³/mol. The molecule has 0 aromatic heterocycles. The molecule has 0 spiro atoms. The molecule has 0 fully saturated rings. The van der Waals surface area contributed by atoms with Gasteiger partial charge in [0.05, 0.1) is 17.3 Å². The van der Waals surface area contributed by atoms with Crippen molar-refractivity contribution < 1.29 is 21.6 Å². The van der Waals surface area contributed by atoms with Crippen molar-refractivity contribution in [2.24, 2.45) is 0 Å². The van der Waals surface area contributed by atoms with Gasteiger partial charge < -0.3 is 4.74 Å². The summed E-state index contributed by atoms with van der Waals surface area (Å²) in [6.45, 7) is 0.459. The van der Waals surface area contributed by atoms with Crippen LogP contribution in [0, 0.1) is 0 Å². The van der Waals surface area contributed by atoms with Crippen LogP contribution >= 0.6 is 10.7 Å². The Kier molecular flexibility index (Phi) is 6.96. The third kappa shape index (κ3) is 8.28. The van der Waals surface area contributed by atoms with Crippen LogP contribution in [-0.4, -0.2) is 35.5 Å². The summed E-state index contributed by atoms with van der Waals surface area (Å²) >= 11 is 0. The largest absolute Gasteiger partial charge is 0.494 e. The molecular weight excluding hydrogens is 336 g/mol. The van der Waals surface area contributed by atoms with Gasteiger partial charge in [0.25, 0.3) is 0 Å². The van der Waals surface area contributed by atoms with Gasteiger partial charge in [-0.25, -0.2) is 16.8 Å². The summed E-state index contributed by atoms with van der Waals surface area (Å²) < 4.78 is 49.7. The Morgan fingerprint density at radius 3 is 2.33 bits per heavy atom. The molecule has 0 N–H and O–H groups in total. The molecule has 0 aliphatic rings. The maximum Gasteiger partial charge on any atom is 0.232 e. The lowest BCUT2D eigenvalue weighted by Crippen LogP contribution is -2.01. The molecule has 120 valence electrons. The lowest BCUT2D eigenvalue weighted by molar-refractivity contribution is 0.304. The van der Waals surface area contributed by atoms with E-state index in [2.05, 4.69) is 0 Å². The maximum absolute atomic E-state index is 11.4. The molecule has 8 heteroatoms. The molecule has 1 rings (SSSR count). The SMILES string of the molecule is CS(=O)(=O)c1cccc(OCCCCCCS(=O)(=O)Cl)c1.